The van der Waals surface area contributed by atoms with Gasteiger partial charge < -0.3 is 10.4 Å². The van der Waals surface area contributed by atoms with Gasteiger partial charge in [-0.25, -0.2) is 0 Å². The Morgan fingerprint density at radius 3 is 2.67 bits per heavy atom. The van der Waals surface area contributed by atoms with E-state index in [2.05, 4.69) is 27.4 Å². The molecular formula is C11H16Cl2N4O. The number of hydrogen-bond donors (Lipinski definition) is 2. The summed E-state index contributed by atoms with van der Waals surface area (Å²) in [5, 5.41) is 20.8. The van der Waals surface area contributed by atoms with Crippen molar-refractivity contribution in [3.63, 3.8) is 0 Å². The first-order valence-electron chi connectivity index (χ1n) is 6.00. The fourth-order valence-corrected chi connectivity index (χ4v) is 2.40. The van der Waals surface area contributed by atoms with E-state index in [0.717, 1.165) is 25.7 Å². The van der Waals surface area contributed by atoms with Crippen LogP contribution in [0.25, 0.3) is 0 Å². The second-order valence-corrected chi connectivity index (χ2v) is 5.68. The number of aliphatic hydroxyl groups is 1. The molecule has 5 nitrogen and oxygen atoms in total. The molecule has 0 amide bonds. The van der Waals surface area contributed by atoms with Gasteiger partial charge in [0.05, 0.1) is 5.60 Å². The van der Waals surface area contributed by atoms with Gasteiger partial charge in [-0.2, -0.15) is 4.98 Å². The van der Waals surface area contributed by atoms with E-state index in [-0.39, 0.29) is 10.4 Å². The minimum atomic E-state index is -0.701. The largest absolute Gasteiger partial charge is 0.388 e. The molecule has 0 aromatic carbocycles. The summed E-state index contributed by atoms with van der Waals surface area (Å²) in [4.78, 5) is 3.94. The van der Waals surface area contributed by atoms with E-state index in [4.69, 9.17) is 23.2 Å². The predicted molar refractivity (Wildman–Crippen MR) is 70.9 cm³/mol. The van der Waals surface area contributed by atoms with Crippen molar-refractivity contribution < 1.29 is 5.11 Å². The molecule has 1 saturated carbocycles. The summed E-state index contributed by atoms with van der Waals surface area (Å²) < 4.78 is 0. The minimum Gasteiger partial charge on any atom is -0.388 e. The van der Waals surface area contributed by atoms with Crippen molar-refractivity contribution in [3.8, 4) is 0 Å². The van der Waals surface area contributed by atoms with E-state index < -0.39 is 5.60 Å². The molecule has 1 heterocycles. The molecule has 1 aromatic rings. The van der Waals surface area contributed by atoms with E-state index in [1.54, 1.807) is 0 Å². The van der Waals surface area contributed by atoms with Gasteiger partial charge in [0.1, 0.15) is 0 Å². The molecule has 100 valence electrons. The smallest absolute Gasteiger partial charge is 0.245 e. The fraction of sp³-hybridized carbons (Fsp3) is 0.727. The molecule has 1 fully saturated rings. The minimum absolute atomic E-state index is 0.0335. The first-order valence-corrected chi connectivity index (χ1v) is 6.76. The topological polar surface area (TPSA) is 70.9 Å². The molecular weight excluding hydrogens is 275 g/mol. The normalized spacial score (nSPS) is 28.1. The highest BCUT2D eigenvalue weighted by atomic mass is 35.5. The summed E-state index contributed by atoms with van der Waals surface area (Å²) >= 11 is 11.5. The summed E-state index contributed by atoms with van der Waals surface area (Å²) in [6.07, 6.45) is 3.64. The third kappa shape index (κ3) is 3.43. The Morgan fingerprint density at radius 1 is 1.33 bits per heavy atom. The maximum absolute atomic E-state index is 10.4. The lowest BCUT2D eigenvalue weighted by atomic mass is 9.79. The van der Waals surface area contributed by atoms with Crippen LogP contribution in [0.4, 0.5) is 5.82 Å². The number of hydrogen-bond acceptors (Lipinski definition) is 5. The number of nitrogens with one attached hydrogen (secondary N) is 1. The standard InChI is InChI=1S/C11H16Cl2N4O/c1-7-2-4-11(18,5-3-7)6-14-9-8(12)16-17-10(13)15-9/h7,18H,2-6H2,1H3,(H,14,15,17). The molecule has 0 aliphatic heterocycles. The van der Waals surface area contributed by atoms with Crippen LogP contribution in [-0.2, 0) is 0 Å². The van der Waals surface area contributed by atoms with E-state index >= 15 is 0 Å². The van der Waals surface area contributed by atoms with Gasteiger partial charge in [0, 0.05) is 6.54 Å². The second kappa shape index (κ2) is 5.55. The van der Waals surface area contributed by atoms with Crippen LogP contribution >= 0.6 is 23.2 Å². The highest BCUT2D eigenvalue weighted by molar-refractivity contribution is 6.32. The summed E-state index contributed by atoms with van der Waals surface area (Å²) in [6, 6.07) is 0. The molecule has 1 aliphatic carbocycles. The van der Waals surface area contributed by atoms with E-state index in [9.17, 15) is 5.11 Å². The number of nitrogens with zero attached hydrogens (tertiary/aromatic N) is 3. The van der Waals surface area contributed by atoms with Gasteiger partial charge in [-0.1, -0.05) is 18.5 Å². The van der Waals surface area contributed by atoms with Gasteiger partial charge in [0.2, 0.25) is 5.28 Å². The summed E-state index contributed by atoms with van der Waals surface area (Å²) in [7, 11) is 0. The van der Waals surface area contributed by atoms with Crippen molar-refractivity contribution in [2.24, 2.45) is 5.92 Å². The molecule has 7 heteroatoms. The van der Waals surface area contributed by atoms with Gasteiger partial charge in [0.15, 0.2) is 11.0 Å². The number of aromatic nitrogens is 3. The van der Waals surface area contributed by atoms with Crippen LogP contribution in [0.2, 0.25) is 10.4 Å². The average Bonchev–Trinajstić information content (AvgIpc) is 2.35. The average molecular weight is 291 g/mol. The lowest BCUT2D eigenvalue weighted by Gasteiger charge is -2.35. The Labute approximate surface area is 116 Å². The van der Waals surface area contributed by atoms with Crippen LogP contribution in [0.1, 0.15) is 32.6 Å². The quantitative estimate of drug-likeness (QED) is 0.895. The lowest BCUT2D eigenvalue weighted by Crippen LogP contribution is -2.40. The Balaban J connectivity index is 1.96. The van der Waals surface area contributed by atoms with Crippen molar-refractivity contribution in [3.05, 3.63) is 10.4 Å². The van der Waals surface area contributed by atoms with Gasteiger partial charge in [-0.3, -0.25) is 0 Å². The molecule has 0 radical (unpaired) electrons. The van der Waals surface area contributed by atoms with Gasteiger partial charge >= 0.3 is 0 Å². The molecule has 2 N–H and O–H groups in total. The third-order valence-electron chi connectivity index (χ3n) is 3.41. The molecule has 0 unspecified atom stereocenters. The predicted octanol–water partition coefficient (Wildman–Crippen LogP) is 2.53. The Bertz CT molecular complexity index is 422. The van der Waals surface area contributed by atoms with Gasteiger partial charge in [-0.05, 0) is 43.2 Å². The first kappa shape index (κ1) is 13.8. The van der Waals surface area contributed by atoms with Crippen LogP contribution in [0.15, 0.2) is 0 Å². The highest BCUT2D eigenvalue weighted by Crippen LogP contribution is 2.32. The van der Waals surface area contributed by atoms with Crippen LogP contribution in [0.5, 0.6) is 0 Å². The van der Waals surface area contributed by atoms with Crippen molar-refractivity contribution >= 4 is 29.0 Å². The SMILES string of the molecule is CC1CCC(O)(CNc2nc(Cl)nnc2Cl)CC1. The summed E-state index contributed by atoms with van der Waals surface area (Å²) in [6.45, 7) is 2.60. The number of anilines is 1. The molecule has 2 rings (SSSR count). The number of rotatable bonds is 3. The Kier molecular flexibility index (Phi) is 4.25. The van der Waals surface area contributed by atoms with Gasteiger partial charge in [0.25, 0.3) is 0 Å². The molecule has 18 heavy (non-hydrogen) atoms. The van der Waals surface area contributed by atoms with Crippen LogP contribution < -0.4 is 5.32 Å². The highest BCUT2D eigenvalue weighted by Gasteiger charge is 2.31. The fourth-order valence-electron chi connectivity index (χ4n) is 2.13. The number of halogens is 2. The zero-order valence-corrected chi connectivity index (χ0v) is 11.7. The van der Waals surface area contributed by atoms with Crippen LogP contribution in [-0.4, -0.2) is 32.4 Å². The van der Waals surface area contributed by atoms with E-state index in [0.29, 0.717) is 18.3 Å². The summed E-state index contributed by atoms with van der Waals surface area (Å²) in [5.41, 5.74) is -0.701. The molecule has 0 spiro atoms. The summed E-state index contributed by atoms with van der Waals surface area (Å²) in [5.74, 6) is 1.05. The second-order valence-electron chi connectivity index (χ2n) is 4.98. The zero-order chi connectivity index (χ0) is 13.2. The molecule has 1 aromatic heterocycles. The van der Waals surface area contributed by atoms with E-state index in [1.165, 1.54) is 0 Å². The lowest BCUT2D eigenvalue weighted by molar-refractivity contribution is 0.00494. The van der Waals surface area contributed by atoms with Crippen molar-refractivity contribution in [1.29, 1.82) is 0 Å². The van der Waals surface area contributed by atoms with Crippen molar-refractivity contribution in [2.45, 2.75) is 38.2 Å². The molecule has 0 bridgehead atoms. The van der Waals surface area contributed by atoms with Crippen molar-refractivity contribution in [1.82, 2.24) is 15.2 Å². The molecule has 0 saturated heterocycles. The van der Waals surface area contributed by atoms with Crippen molar-refractivity contribution in [2.75, 3.05) is 11.9 Å². The van der Waals surface area contributed by atoms with Gasteiger partial charge in [-0.15, -0.1) is 10.2 Å². The van der Waals surface area contributed by atoms with Crippen LogP contribution in [0, 0.1) is 5.92 Å². The zero-order valence-electron chi connectivity index (χ0n) is 10.2. The van der Waals surface area contributed by atoms with E-state index in [1.807, 2.05) is 0 Å². The monoisotopic (exact) mass is 290 g/mol. The first-order chi connectivity index (χ1) is 8.48. The Morgan fingerprint density at radius 2 is 2.00 bits per heavy atom. The van der Waals surface area contributed by atoms with Crippen LogP contribution in [0.3, 0.4) is 0 Å². The molecule has 0 atom stereocenters. The third-order valence-corrected chi connectivity index (χ3v) is 3.82. The molecule has 1 aliphatic rings. The maximum atomic E-state index is 10.4. The maximum Gasteiger partial charge on any atom is 0.245 e. The Hall–Kier alpha value is -0.650.